The van der Waals surface area contributed by atoms with Crippen LogP contribution in [0, 0.1) is 6.92 Å². The monoisotopic (exact) mass is 458 g/mol. The Bertz CT molecular complexity index is 1140. The van der Waals surface area contributed by atoms with Crippen molar-refractivity contribution in [2.24, 2.45) is 0 Å². The average Bonchev–Trinajstić information content (AvgIpc) is 2.73. The van der Waals surface area contributed by atoms with Crippen LogP contribution in [0.3, 0.4) is 0 Å². The molecule has 160 valence electrons. The van der Waals surface area contributed by atoms with Crippen LogP contribution in [0.5, 0.6) is 5.88 Å². The van der Waals surface area contributed by atoms with E-state index in [2.05, 4.69) is 10.3 Å². The summed E-state index contributed by atoms with van der Waals surface area (Å²) < 4.78 is 5.65. The van der Waals surface area contributed by atoms with Gasteiger partial charge in [0.2, 0.25) is 5.88 Å². The van der Waals surface area contributed by atoms with Crippen molar-refractivity contribution in [3.05, 3.63) is 93.1 Å². The highest BCUT2D eigenvalue weighted by atomic mass is 35.5. The number of amides is 1. The zero-order chi connectivity index (χ0) is 22.6. The topological polar surface area (TPSA) is 88.5 Å². The smallest absolute Gasteiger partial charge is 0.333 e. The largest absolute Gasteiger partial charge is 0.479 e. The molecule has 0 aliphatic heterocycles. The molecule has 3 rings (SSSR count). The number of aliphatic carboxylic acids is 1. The number of nitrogens with one attached hydrogen (secondary N) is 1. The number of carboxylic acid groups (broad SMARTS) is 1. The average molecular weight is 459 g/mol. The molecular formula is C23H20Cl2N2O4. The lowest BCUT2D eigenvalue weighted by Gasteiger charge is -2.28. The number of carbonyl (C=O) groups excluding carboxylic acids is 1. The number of hydrogen-bond acceptors (Lipinski definition) is 4. The SMILES string of the molecule is Cc1ccccc1[C@](C)(NC(=O)c1cccc(OCc2ccc(Cl)cc2Cl)n1)C(=O)O. The van der Waals surface area contributed by atoms with E-state index in [9.17, 15) is 14.7 Å². The minimum absolute atomic E-state index is 0.0285. The third-order valence-corrected chi connectivity index (χ3v) is 5.41. The van der Waals surface area contributed by atoms with E-state index < -0.39 is 17.4 Å². The van der Waals surface area contributed by atoms with Crippen molar-refractivity contribution in [1.82, 2.24) is 10.3 Å². The molecule has 0 aliphatic carbocycles. The van der Waals surface area contributed by atoms with Crippen LogP contribution in [0.4, 0.5) is 0 Å². The van der Waals surface area contributed by atoms with E-state index in [4.69, 9.17) is 27.9 Å². The molecule has 3 aromatic rings. The summed E-state index contributed by atoms with van der Waals surface area (Å²) in [6, 6.07) is 16.7. The minimum atomic E-state index is -1.63. The highest BCUT2D eigenvalue weighted by molar-refractivity contribution is 6.35. The minimum Gasteiger partial charge on any atom is -0.479 e. The van der Waals surface area contributed by atoms with E-state index in [0.29, 0.717) is 21.2 Å². The molecule has 1 aromatic heterocycles. The Morgan fingerprint density at radius 2 is 1.84 bits per heavy atom. The molecule has 1 heterocycles. The molecular weight excluding hydrogens is 439 g/mol. The second-order valence-electron chi connectivity index (χ2n) is 7.08. The molecule has 0 unspecified atom stereocenters. The van der Waals surface area contributed by atoms with Crippen molar-refractivity contribution in [3.8, 4) is 5.88 Å². The Kier molecular flexibility index (Phi) is 6.83. The van der Waals surface area contributed by atoms with E-state index in [1.54, 1.807) is 61.5 Å². The molecule has 0 radical (unpaired) electrons. The Morgan fingerprint density at radius 1 is 1.10 bits per heavy atom. The first kappa shape index (κ1) is 22.6. The van der Waals surface area contributed by atoms with Gasteiger partial charge in [0.05, 0.1) is 0 Å². The summed E-state index contributed by atoms with van der Waals surface area (Å²) in [5.41, 5.74) is 0.345. The van der Waals surface area contributed by atoms with Crippen molar-refractivity contribution in [3.63, 3.8) is 0 Å². The lowest BCUT2D eigenvalue weighted by atomic mass is 9.88. The zero-order valence-electron chi connectivity index (χ0n) is 16.9. The lowest BCUT2D eigenvalue weighted by Crippen LogP contribution is -2.50. The zero-order valence-corrected chi connectivity index (χ0v) is 18.4. The summed E-state index contributed by atoms with van der Waals surface area (Å²) in [7, 11) is 0. The Balaban J connectivity index is 1.79. The number of carboxylic acids is 1. The lowest BCUT2D eigenvalue weighted by molar-refractivity contribution is -0.144. The number of aryl methyl sites for hydroxylation is 1. The van der Waals surface area contributed by atoms with Gasteiger partial charge in [-0.1, -0.05) is 59.6 Å². The summed E-state index contributed by atoms with van der Waals surface area (Å²) in [5.74, 6) is -1.62. The Labute approximate surface area is 189 Å². The summed E-state index contributed by atoms with van der Waals surface area (Å²) in [6.45, 7) is 3.36. The van der Waals surface area contributed by atoms with Crippen LogP contribution in [0.25, 0.3) is 0 Å². The third-order valence-electron chi connectivity index (χ3n) is 4.82. The van der Waals surface area contributed by atoms with Crippen LogP contribution in [-0.4, -0.2) is 22.0 Å². The Morgan fingerprint density at radius 3 is 2.52 bits per heavy atom. The van der Waals surface area contributed by atoms with E-state index in [0.717, 1.165) is 5.56 Å². The predicted octanol–water partition coefficient (Wildman–Crippen LogP) is 5.01. The molecule has 0 saturated carbocycles. The van der Waals surface area contributed by atoms with Gasteiger partial charge in [-0.25, -0.2) is 9.78 Å². The molecule has 0 bridgehead atoms. The number of halogens is 2. The van der Waals surface area contributed by atoms with Gasteiger partial charge >= 0.3 is 5.97 Å². The first-order valence-electron chi connectivity index (χ1n) is 9.36. The van der Waals surface area contributed by atoms with Crippen LogP contribution in [-0.2, 0) is 16.9 Å². The van der Waals surface area contributed by atoms with Gasteiger partial charge in [0.25, 0.3) is 5.91 Å². The second-order valence-corrected chi connectivity index (χ2v) is 7.93. The predicted molar refractivity (Wildman–Crippen MR) is 119 cm³/mol. The molecule has 0 saturated heterocycles. The van der Waals surface area contributed by atoms with Crippen LogP contribution in [0.2, 0.25) is 10.0 Å². The number of pyridine rings is 1. The normalized spacial score (nSPS) is 12.6. The molecule has 1 amide bonds. The molecule has 1 atom stereocenters. The summed E-state index contributed by atoms with van der Waals surface area (Å²) in [5, 5.41) is 13.4. The van der Waals surface area contributed by atoms with Crippen molar-refractivity contribution < 1.29 is 19.4 Å². The van der Waals surface area contributed by atoms with Gasteiger partial charge in [0.15, 0.2) is 5.54 Å². The molecule has 2 aromatic carbocycles. The maximum atomic E-state index is 12.8. The van der Waals surface area contributed by atoms with E-state index in [-0.39, 0.29) is 18.2 Å². The van der Waals surface area contributed by atoms with E-state index >= 15 is 0 Å². The first-order valence-corrected chi connectivity index (χ1v) is 10.1. The molecule has 0 spiro atoms. The van der Waals surface area contributed by atoms with Gasteiger partial charge in [-0.2, -0.15) is 0 Å². The van der Waals surface area contributed by atoms with Gasteiger partial charge in [0, 0.05) is 21.7 Å². The van der Waals surface area contributed by atoms with Crippen molar-refractivity contribution in [2.75, 3.05) is 0 Å². The molecule has 0 aliphatic rings. The van der Waals surface area contributed by atoms with Crippen molar-refractivity contribution >= 4 is 35.1 Å². The number of ether oxygens (including phenoxy) is 1. The summed E-state index contributed by atoms with van der Waals surface area (Å²) in [4.78, 5) is 29.1. The highest BCUT2D eigenvalue weighted by Crippen LogP contribution is 2.26. The van der Waals surface area contributed by atoms with Gasteiger partial charge < -0.3 is 15.2 Å². The van der Waals surface area contributed by atoms with Crippen molar-refractivity contribution in [1.29, 1.82) is 0 Å². The maximum absolute atomic E-state index is 12.8. The van der Waals surface area contributed by atoms with E-state index in [1.807, 2.05) is 0 Å². The molecule has 8 heteroatoms. The van der Waals surface area contributed by atoms with E-state index in [1.165, 1.54) is 13.0 Å². The highest BCUT2D eigenvalue weighted by Gasteiger charge is 2.38. The van der Waals surface area contributed by atoms with Crippen LogP contribution in [0.15, 0.2) is 60.7 Å². The molecule has 6 nitrogen and oxygen atoms in total. The number of rotatable bonds is 7. The fourth-order valence-corrected chi connectivity index (χ4v) is 3.54. The fourth-order valence-electron chi connectivity index (χ4n) is 3.07. The number of carbonyl (C=O) groups is 2. The number of benzene rings is 2. The summed E-state index contributed by atoms with van der Waals surface area (Å²) >= 11 is 12.0. The maximum Gasteiger partial charge on any atom is 0.333 e. The second kappa shape index (κ2) is 9.37. The van der Waals surface area contributed by atoms with Crippen LogP contribution >= 0.6 is 23.2 Å². The number of hydrogen-bond donors (Lipinski definition) is 2. The number of nitrogens with zero attached hydrogens (tertiary/aromatic N) is 1. The first-order chi connectivity index (χ1) is 14.7. The van der Waals surface area contributed by atoms with Gasteiger partial charge in [-0.15, -0.1) is 0 Å². The molecule has 2 N–H and O–H groups in total. The standard InChI is InChI=1S/C23H20Cl2N2O4/c1-14-6-3-4-7-17(14)23(2,22(29)30)27-21(28)19-8-5-9-20(26-19)31-13-15-10-11-16(24)12-18(15)25/h3-12H,13H2,1-2H3,(H,27,28)(H,29,30)/t23-/m0/s1. The molecule has 0 fully saturated rings. The Hall–Kier alpha value is -3.09. The number of aromatic nitrogens is 1. The molecule has 31 heavy (non-hydrogen) atoms. The quantitative estimate of drug-likeness (QED) is 0.519. The van der Waals surface area contributed by atoms with Crippen molar-refractivity contribution in [2.45, 2.75) is 26.0 Å². The van der Waals surface area contributed by atoms with Gasteiger partial charge in [-0.05, 0) is 43.2 Å². The van der Waals surface area contributed by atoms with Crippen LogP contribution < -0.4 is 10.1 Å². The van der Waals surface area contributed by atoms with Gasteiger partial charge in [-0.3, -0.25) is 4.79 Å². The third kappa shape index (κ3) is 5.16. The fraction of sp³-hybridized carbons (Fsp3) is 0.174. The van der Waals surface area contributed by atoms with Crippen LogP contribution in [0.1, 0.15) is 34.1 Å². The van der Waals surface area contributed by atoms with Gasteiger partial charge in [0.1, 0.15) is 12.3 Å². The summed E-state index contributed by atoms with van der Waals surface area (Å²) in [6.07, 6.45) is 0.